The lowest BCUT2D eigenvalue weighted by Gasteiger charge is -2.17. The topological polar surface area (TPSA) is 104 Å². The first-order valence-corrected chi connectivity index (χ1v) is 8.65. The van der Waals surface area contributed by atoms with Crippen molar-refractivity contribution in [1.29, 1.82) is 0 Å². The molecule has 0 amide bonds. The minimum absolute atomic E-state index is 0.137. The number of aliphatic hydroxyl groups excluding tert-OH is 1. The second-order valence-electron chi connectivity index (χ2n) is 5.58. The Morgan fingerprint density at radius 1 is 1.38 bits per heavy atom. The standard InChI is InChI=1S/C14H23N3O3S/c1-2-17-21(19,20)11-3-4-12(15)13(9-11)16-10-14(5-6-14)7-8-18/h3-4,9,16-18H,2,5-8,10,15H2,1H3. The van der Waals surface area contributed by atoms with E-state index in [4.69, 9.17) is 10.8 Å². The molecule has 0 heterocycles. The number of aliphatic hydroxyl groups is 1. The molecule has 0 aromatic heterocycles. The lowest BCUT2D eigenvalue weighted by atomic mass is 10.0. The first-order chi connectivity index (χ1) is 9.92. The normalized spacial score (nSPS) is 16.7. The van der Waals surface area contributed by atoms with Crippen LogP contribution >= 0.6 is 0 Å². The third-order valence-electron chi connectivity index (χ3n) is 3.92. The molecule has 1 aromatic rings. The van der Waals surface area contributed by atoms with Gasteiger partial charge in [0.05, 0.1) is 16.3 Å². The van der Waals surface area contributed by atoms with Crippen molar-refractivity contribution in [1.82, 2.24) is 4.72 Å². The van der Waals surface area contributed by atoms with Crippen molar-refractivity contribution in [2.45, 2.75) is 31.1 Å². The summed E-state index contributed by atoms with van der Waals surface area (Å²) in [4.78, 5) is 0.202. The molecule has 7 heteroatoms. The highest BCUT2D eigenvalue weighted by Crippen LogP contribution is 2.48. The summed E-state index contributed by atoms with van der Waals surface area (Å²) in [6.45, 7) is 2.95. The van der Waals surface area contributed by atoms with Gasteiger partial charge in [-0.25, -0.2) is 13.1 Å². The van der Waals surface area contributed by atoms with Gasteiger partial charge >= 0.3 is 0 Å². The van der Waals surface area contributed by atoms with E-state index >= 15 is 0 Å². The van der Waals surface area contributed by atoms with Crippen molar-refractivity contribution >= 4 is 21.4 Å². The van der Waals surface area contributed by atoms with Crippen LogP contribution in [0.2, 0.25) is 0 Å². The summed E-state index contributed by atoms with van der Waals surface area (Å²) < 4.78 is 26.5. The Labute approximate surface area is 125 Å². The Kier molecular flexibility index (Phi) is 4.75. The van der Waals surface area contributed by atoms with Gasteiger partial charge in [0, 0.05) is 19.7 Å². The van der Waals surface area contributed by atoms with Gasteiger partial charge < -0.3 is 16.2 Å². The summed E-state index contributed by atoms with van der Waals surface area (Å²) in [5.74, 6) is 0. The fourth-order valence-corrected chi connectivity index (χ4v) is 3.41. The highest BCUT2D eigenvalue weighted by molar-refractivity contribution is 7.89. The maximum atomic E-state index is 12.0. The predicted molar refractivity (Wildman–Crippen MR) is 83.6 cm³/mol. The fraction of sp³-hybridized carbons (Fsp3) is 0.571. The molecule has 5 N–H and O–H groups in total. The van der Waals surface area contributed by atoms with Crippen LogP contribution in [0.5, 0.6) is 0 Å². The van der Waals surface area contributed by atoms with Gasteiger partial charge in [-0.1, -0.05) is 6.92 Å². The van der Waals surface area contributed by atoms with Gasteiger partial charge in [-0.15, -0.1) is 0 Å². The number of sulfonamides is 1. The molecule has 118 valence electrons. The molecule has 6 nitrogen and oxygen atoms in total. The SMILES string of the molecule is CCNS(=O)(=O)c1ccc(N)c(NCC2(CCO)CC2)c1. The summed E-state index contributed by atoms with van der Waals surface area (Å²) in [5, 5.41) is 12.3. The highest BCUT2D eigenvalue weighted by Gasteiger charge is 2.41. The molecule has 1 aliphatic carbocycles. The van der Waals surface area contributed by atoms with Crippen LogP contribution in [0, 0.1) is 5.41 Å². The van der Waals surface area contributed by atoms with Gasteiger partial charge in [0.1, 0.15) is 0 Å². The van der Waals surface area contributed by atoms with E-state index in [0.717, 1.165) is 19.3 Å². The van der Waals surface area contributed by atoms with Crippen molar-refractivity contribution in [3.05, 3.63) is 18.2 Å². The molecular weight excluding hydrogens is 290 g/mol. The van der Waals surface area contributed by atoms with Crippen LogP contribution in [0.4, 0.5) is 11.4 Å². The van der Waals surface area contributed by atoms with Crippen molar-refractivity contribution in [3.8, 4) is 0 Å². The molecule has 21 heavy (non-hydrogen) atoms. The van der Waals surface area contributed by atoms with E-state index < -0.39 is 10.0 Å². The number of nitrogen functional groups attached to an aromatic ring is 1. The largest absolute Gasteiger partial charge is 0.397 e. The Morgan fingerprint density at radius 2 is 2.10 bits per heavy atom. The lowest BCUT2D eigenvalue weighted by molar-refractivity contribution is 0.253. The fourth-order valence-electron chi connectivity index (χ4n) is 2.34. The van der Waals surface area contributed by atoms with E-state index in [0.29, 0.717) is 24.5 Å². The zero-order valence-corrected chi connectivity index (χ0v) is 13.0. The monoisotopic (exact) mass is 313 g/mol. The molecule has 0 aliphatic heterocycles. The molecule has 1 saturated carbocycles. The molecule has 1 aliphatic rings. The molecule has 0 saturated heterocycles. The van der Waals surface area contributed by atoms with Crippen molar-refractivity contribution < 1.29 is 13.5 Å². The summed E-state index contributed by atoms with van der Waals surface area (Å²) in [7, 11) is -3.48. The maximum Gasteiger partial charge on any atom is 0.240 e. The van der Waals surface area contributed by atoms with Gasteiger partial charge in [0.15, 0.2) is 0 Å². The molecule has 0 radical (unpaired) electrons. The second-order valence-corrected chi connectivity index (χ2v) is 7.34. The number of nitrogens with one attached hydrogen (secondary N) is 2. The Hall–Kier alpha value is -1.31. The molecule has 1 aromatic carbocycles. The molecule has 0 unspecified atom stereocenters. The summed E-state index contributed by atoms with van der Waals surface area (Å²) in [6.07, 6.45) is 2.92. The van der Waals surface area contributed by atoms with Crippen LogP contribution in [-0.4, -0.2) is 33.2 Å². The van der Waals surface area contributed by atoms with Gasteiger partial charge in [0.2, 0.25) is 10.0 Å². The summed E-state index contributed by atoms with van der Waals surface area (Å²) >= 11 is 0. The first-order valence-electron chi connectivity index (χ1n) is 7.16. The van der Waals surface area contributed by atoms with E-state index in [2.05, 4.69) is 10.0 Å². The maximum absolute atomic E-state index is 12.0. The van der Waals surface area contributed by atoms with Crippen LogP contribution in [0.1, 0.15) is 26.2 Å². The number of hydrogen-bond donors (Lipinski definition) is 4. The van der Waals surface area contributed by atoms with Gasteiger partial charge in [-0.2, -0.15) is 0 Å². The summed E-state index contributed by atoms with van der Waals surface area (Å²) in [6, 6.07) is 4.65. The zero-order chi connectivity index (χ0) is 15.5. The summed E-state index contributed by atoms with van der Waals surface area (Å²) in [5.41, 5.74) is 7.18. The average Bonchev–Trinajstić information content (AvgIpc) is 3.18. The van der Waals surface area contributed by atoms with E-state index in [9.17, 15) is 8.42 Å². The number of benzene rings is 1. The molecular formula is C14H23N3O3S. The molecule has 0 bridgehead atoms. The van der Waals surface area contributed by atoms with Gasteiger partial charge in [-0.05, 0) is 42.9 Å². The molecule has 2 rings (SSSR count). The Balaban J connectivity index is 2.13. The van der Waals surface area contributed by atoms with Crippen molar-refractivity contribution in [2.75, 3.05) is 30.7 Å². The number of nitrogens with two attached hydrogens (primary N) is 1. The predicted octanol–water partition coefficient (Wildman–Crippen LogP) is 1.14. The quantitative estimate of drug-likeness (QED) is 0.539. The van der Waals surface area contributed by atoms with Crippen LogP contribution < -0.4 is 15.8 Å². The van der Waals surface area contributed by atoms with E-state index in [1.165, 1.54) is 6.07 Å². The Morgan fingerprint density at radius 3 is 2.67 bits per heavy atom. The lowest BCUT2D eigenvalue weighted by Crippen LogP contribution is -2.23. The average molecular weight is 313 g/mol. The highest BCUT2D eigenvalue weighted by atomic mass is 32.2. The van der Waals surface area contributed by atoms with E-state index in [-0.39, 0.29) is 16.9 Å². The smallest absolute Gasteiger partial charge is 0.240 e. The molecule has 0 spiro atoms. The minimum Gasteiger partial charge on any atom is -0.397 e. The first kappa shape index (κ1) is 16.1. The second kappa shape index (κ2) is 6.21. The Bertz CT molecular complexity index is 597. The van der Waals surface area contributed by atoms with E-state index in [1.807, 2.05) is 0 Å². The zero-order valence-electron chi connectivity index (χ0n) is 12.2. The third-order valence-corrected chi connectivity index (χ3v) is 5.47. The third kappa shape index (κ3) is 3.87. The molecule has 0 atom stereocenters. The van der Waals surface area contributed by atoms with Crippen LogP contribution in [0.15, 0.2) is 23.1 Å². The number of hydrogen-bond acceptors (Lipinski definition) is 5. The number of anilines is 2. The van der Waals surface area contributed by atoms with Gasteiger partial charge in [-0.3, -0.25) is 0 Å². The van der Waals surface area contributed by atoms with Crippen LogP contribution in [0.25, 0.3) is 0 Å². The van der Waals surface area contributed by atoms with Crippen molar-refractivity contribution in [3.63, 3.8) is 0 Å². The van der Waals surface area contributed by atoms with Gasteiger partial charge in [0.25, 0.3) is 0 Å². The van der Waals surface area contributed by atoms with Crippen molar-refractivity contribution in [2.24, 2.45) is 5.41 Å². The van der Waals surface area contributed by atoms with E-state index in [1.54, 1.807) is 19.1 Å². The van der Waals surface area contributed by atoms with Crippen LogP contribution in [0.3, 0.4) is 0 Å². The minimum atomic E-state index is -3.48. The number of rotatable bonds is 8. The molecule has 1 fully saturated rings. The van der Waals surface area contributed by atoms with Crippen LogP contribution in [-0.2, 0) is 10.0 Å².